The highest BCUT2D eigenvalue weighted by Gasteiger charge is 2.34. The number of rotatable bonds is 5. The van der Waals surface area contributed by atoms with E-state index in [1.54, 1.807) is 0 Å². The zero-order valence-corrected chi connectivity index (χ0v) is 12.3. The number of aliphatic carboxylic acids is 1. The van der Waals surface area contributed by atoms with Crippen LogP contribution in [0.2, 0.25) is 0 Å². The Morgan fingerprint density at radius 2 is 1.42 bits per heavy atom. The minimum absolute atomic E-state index is 0.206. The number of carbonyl (C=O) groups is 1. The second kappa shape index (κ2) is 7.28. The minimum atomic E-state index is -0.681. The normalized spacial score (nSPS) is 23.1. The summed E-state index contributed by atoms with van der Waals surface area (Å²) in [7, 11) is 2.03. The molecular formula is C16H29NO2. The van der Waals surface area contributed by atoms with Crippen LogP contribution in [0.4, 0.5) is 0 Å². The quantitative estimate of drug-likeness (QED) is 0.828. The summed E-state index contributed by atoms with van der Waals surface area (Å²) >= 11 is 0. The molecule has 2 fully saturated rings. The van der Waals surface area contributed by atoms with Gasteiger partial charge in [0.2, 0.25) is 0 Å². The Bertz CT molecular complexity index is 262. The predicted octanol–water partition coefficient (Wildman–Crippen LogP) is 3.53. The van der Waals surface area contributed by atoms with Gasteiger partial charge in [-0.05, 0) is 44.6 Å². The molecule has 0 spiro atoms. The van der Waals surface area contributed by atoms with Crippen LogP contribution in [0.1, 0.15) is 64.2 Å². The molecule has 19 heavy (non-hydrogen) atoms. The van der Waals surface area contributed by atoms with Gasteiger partial charge in [0.05, 0.1) is 6.54 Å². The zero-order valence-electron chi connectivity index (χ0n) is 12.3. The Kier molecular flexibility index (Phi) is 5.68. The standard InChI is InChI=1S/C16H29NO2/c1-17(12-15(18)19)16(13-8-4-2-5-9-13)14-10-6-3-7-11-14/h13-14,16H,2-12H2,1H3,(H,18,19). The van der Waals surface area contributed by atoms with Crippen LogP contribution >= 0.6 is 0 Å². The number of hydrogen-bond acceptors (Lipinski definition) is 2. The van der Waals surface area contributed by atoms with Crippen molar-refractivity contribution in [2.24, 2.45) is 11.8 Å². The van der Waals surface area contributed by atoms with E-state index in [0.717, 1.165) is 11.8 Å². The molecule has 0 heterocycles. The summed E-state index contributed by atoms with van der Waals surface area (Å²) in [6.45, 7) is 0.206. The average molecular weight is 267 g/mol. The third-order valence-electron chi connectivity index (χ3n) is 5.16. The third kappa shape index (κ3) is 4.20. The van der Waals surface area contributed by atoms with Gasteiger partial charge in [0, 0.05) is 6.04 Å². The van der Waals surface area contributed by atoms with E-state index in [-0.39, 0.29) is 6.54 Å². The van der Waals surface area contributed by atoms with Crippen molar-refractivity contribution in [1.29, 1.82) is 0 Å². The molecule has 1 N–H and O–H groups in total. The number of hydrogen-bond donors (Lipinski definition) is 1. The molecule has 0 aromatic rings. The lowest BCUT2D eigenvalue weighted by Gasteiger charge is -2.42. The lowest BCUT2D eigenvalue weighted by Crippen LogP contribution is -2.46. The molecule has 3 heteroatoms. The van der Waals surface area contributed by atoms with E-state index >= 15 is 0 Å². The smallest absolute Gasteiger partial charge is 0.317 e. The lowest BCUT2D eigenvalue weighted by molar-refractivity contribution is -0.139. The summed E-state index contributed by atoms with van der Waals surface area (Å²) < 4.78 is 0. The Morgan fingerprint density at radius 1 is 1.00 bits per heavy atom. The van der Waals surface area contributed by atoms with Crippen LogP contribution in [0.25, 0.3) is 0 Å². The van der Waals surface area contributed by atoms with E-state index in [0.29, 0.717) is 6.04 Å². The first-order valence-electron chi connectivity index (χ1n) is 8.10. The maximum atomic E-state index is 11.0. The molecule has 0 unspecified atom stereocenters. The van der Waals surface area contributed by atoms with Gasteiger partial charge in [-0.2, -0.15) is 0 Å². The Morgan fingerprint density at radius 3 is 1.79 bits per heavy atom. The summed E-state index contributed by atoms with van der Waals surface area (Å²) in [6.07, 6.45) is 13.4. The van der Waals surface area contributed by atoms with Crippen molar-refractivity contribution in [1.82, 2.24) is 4.90 Å². The predicted molar refractivity (Wildman–Crippen MR) is 77.2 cm³/mol. The first-order valence-corrected chi connectivity index (χ1v) is 8.10. The van der Waals surface area contributed by atoms with Crippen LogP contribution in [-0.4, -0.2) is 35.6 Å². The van der Waals surface area contributed by atoms with E-state index < -0.39 is 5.97 Å². The molecule has 0 aromatic heterocycles. The Labute approximate surface area is 117 Å². The fourth-order valence-electron chi connectivity index (χ4n) is 4.37. The van der Waals surface area contributed by atoms with Crippen molar-refractivity contribution in [3.63, 3.8) is 0 Å². The first-order chi connectivity index (χ1) is 9.18. The van der Waals surface area contributed by atoms with Crippen LogP contribution in [0, 0.1) is 11.8 Å². The van der Waals surface area contributed by atoms with Crippen LogP contribution in [0.3, 0.4) is 0 Å². The maximum Gasteiger partial charge on any atom is 0.317 e. The summed E-state index contributed by atoms with van der Waals surface area (Å²) in [5.74, 6) is 0.793. The molecule has 2 rings (SSSR count). The molecule has 0 aromatic carbocycles. The molecular weight excluding hydrogens is 238 g/mol. The van der Waals surface area contributed by atoms with Gasteiger partial charge >= 0.3 is 5.97 Å². The molecule has 2 aliphatic rings. The number of nitrogens with zero attached hydrogens (tertiary/aromatic N) is 1. The van der Waals surface area contributed by atoms with Gasteiger partial charge in [-0.1, -0.05) is 38.5 Å². The summed E-state index contributed by atoms with van der Waals surface area (Å²) in [5, 5.41) is 9.09. The van der Waals surface area contributed by atoms with Gasteiger partial charge < -0.3 is 5.11 Å². The molecule has 3 nitrogen and oxygen atoms in total. The molecule has 2 aliphatic carbocycles. The largest absolute Gasteiger partial charge is 0.480 e. The van der Waals surface area contributed by atoms with Crippen molar-refractivity contribution in [2.75, 3.05) is 13.6 Å². The summed E-state index contributed by atoms with van der Waals surface area (Å²) in [5.41, 5.74) is 0. The molecule has 2 saturated carbocycles. The van der Waals surface area contributed by atoms with E-state index in [2.05, 4.69) is 4.90 Å². The van der Waals surface area contributed by atoms with E-state index in [4.69, 9.17) is 5.11 Å². The third-order valence-corrected chi connectivity index (χ3v) is 5.16. The average Bonchev–Trinajstić information content (AvgIpc) is 2.40. The summed E-state index contributed by atoms with van der Waals surface area (Å²) in [4.78, 5) is 13.2. The van der Waals surface area contributed by atoms with E-state index in [1.807, 2.05) is 7.05 Å². The Hall–Kier alpha value is -0.570. The topological polar surface area (TPSA) is 40.5 Å². The molecule has 0 radical (unpaired) electrons. The molecule has 0 aliphatic heterocycles. The van der Waals surface area contributed by atoms with Crippen LogP contribution < -0.4 is 0 Å². The monoisotopic (exact) mass is 267 g/mol. The van der Waals surface area contributed by atoms with Crippen molar-refractivity contribution in [3.05, 3.63) is 0 Å². The second-order valence-electron chi connectivity index (χ2n) is 6.60. The molecule has 0 saturated heterocycles. The lowest BCUT2D eigenvalue weighted by atomic mass is 9.73. The van der Waals surface area contributed by atoms with Gasteiger partial charge in [0.1, 0.15) is 0 Å². The number of carboxylic acid groups (broad SMARTS) is 1. The molecule has 110 valence electrons. The SMILES string of the molecule is CN(CC(=O)O)C(C1CCCCC1)C1CCCCC1. The highest BCUT2D eigenvalue weighted by Crippen LogP contribution is 2.37. The highest BCUT2D eigenvalue weighted by molar-refractivity contribution is 5.69. The summed E-state index contributed by atoms with van der Waals surface area (Å²) in [6, 6.07) is 0.511. The molecule has 0 bridgehead atoms. The molecule has 0 amide bonds. The fraction of sp³-hybridized carbons (Fsp3) is 0.938. The van der Waals surface area contributed by atoms with Crippen molar-refractivity contribution in [3.8, 4) is 0 Å². The van der Waals surface area contributed by atoms with Crippen molar-refractivity contribution in [2.45, 2.75) is 70.3 Å². The molecule has 0 atom stereocenters. The van der Waals surface area contributed by atoms with E-state index in [1.165, 1.54) is 64.2 Å². The van der Waals surface area contributed by atoms with Gasteiger partial charge in [-0.15, -0.1) is 0 Å². The zero-order chi connectivity index (χ0) is 13.7. The van der Waals surface area contributed by atoms with Gasteiger partial charge in [0.15, 0.2) is 0 Å². The maximum absolute atomic E-state index is 11.0. The minimum Gasteiger partial charge on any atom is -0.480 e. The van der Waals surface area contributed by atoms with Gasteiger partial charge in [-0.3, -0.25) is 9.69 Å². The van der Waals surface area contributed by atoms with Crippen LogP contribution in [-0.2, 0) is 4.79 Å². The van der Waals surface area contributed by atoms with Gasteiger partial charge in [-0.25, -0.2) is 0 Å². The Balaban J connectivity index is 2.03. The van der Waals surface area contributed by atoms with Crippen LogP contribution in [0.15, 0.2) is 0 Å². The highest BCUT2D eigenvalue weighted by atomic mass is 16.4. The van der Waals surface area contributed by atoms with E-state index in [9.17, 15) is 4.79 Å². The first kappa shape index (κ1) is 14.8. The second-order valence-corrected chi connectivity index (χ2v) is 6.60. The number of carboxylic acids is 1. The van der Waals surface area contributed by atoms with Gasteiger partial charge in [0.25, 0.3) is 0 Å². The fourth-order valence-corrected chi connectivity index (χ4v) is 4.37. The van der Waals surface area contributed by atoms with Crippen molar-refractivity contribution >= 4 is 5.97 Å². The van der Waals surface area contributed by atoms with Crippen LogP contribution in [0.5, 0.6) is 0 Å². The van der Waals surface area contributed by atoms with Crippen molar-refractivity contribution < 1.29 is 9.90 Å². The number of likely N-dealkylation sites (N-methyl/N-ethyl adjacent to an activating group) is 1.